The highest BCUT2D eigenvalue weighted by Gasteiger charge is 2.23. The molecule has 5 nitrogen and oxygen atoms in total. The molecular formula is C18H22N4O. The fraction of sp³-hybridized carbons (Fsp3) is 0.389. The van der Waals surface area contributed by atoms with Gasteiger partial charge in [-0.05, 0) is 43.9 Å². The van der Waals surface area contributed by atoms with Crippen LogP contribution in [0.25, 0.3) is 0 Å². The molecule has 23 heavy (non-hydrogen) atoms. The number of nitrogens with one attached hydrogen (secondary N) is 1. The fourth-order valence-electron chi connectivity index (χ4n) is 3.02. The predicted molar refractivity (Wildman–Crippen MR) is 91.7 cm³/mol. The first kappa shape index (κ1) is 15.5. The molecule has 1 unspecified atom stereocenters. The van der Waals surface area contributed by atoms with Crippen LogP contribution in [0.3, 0.4) is 0 Å². The number of hydrogen-bond donors (Lipinski definition) is 1. The first-order valence-corrected chi connectivity index (χ1v) is 8.24. The third kappa shape index (κ3) is 3.67. The van der Waals surface area contributed by atoms with E-state index in [4.69, 9.17) is 0 Å². The lowest BCUT2D eigenvalue weighted by molar-refractivity contribution is 0.102. The van der Waals surface area contributed by atoms with Gasteiger partial charge in [0.05, 0.1) is 0 Å². The van der Waals surface area contributed by atoms with Crippen LogP contribution in [0.4, 0.5) is 11.6 Å². The minimum absolute atomic E-state index is 0.204. The summed E-state index contributed by atoms with van der Waals surface area (Å²) in [4.78, 5) is 23.5. The highest BCUT2D eigenvalue weighted by molar-refractivity contribution is 6.02. The molecule has 1 amide bonds. The van der Waals surface area contributed by atoms with Crippen LogP contribution in [0.2, 0.25) is 0 Å². The number of rotatable bonds is 4. The average Bonchev–Trinajstić information content (AvgIpc) is 2.62. The minimum Gasteiger partial charge on any atom is -0.338 e. The van der Waals surface area contributed by atoms with Gasteiger partial charge in [0, 0.05) is 24.5 Å². The Bertz CT molecular complexity index is 659. The van der Waals surface area contributed by atoms with Crippen LogP contribution in [0.1, 0.15) is 43.1 Å². The van der Waals surface area contributed by atoms with Gasteiger partial charge < -0.3 is 10.2 Å². The third-order valence-electron chi connectivity index (χ3n) is 4.26. The van der Waals surface area contributed by atoms with Gasteiger partial charge in [0.15, 0.2) is 0 Å². The van der Waals surface area contributed by atoms with Crippen molar-refractivity contribution in [2.75, 3.05) is 16.8 Å². The van der Waals surface area contributed by atoms with Crippen LogP contribution in [0.15, 0.2) is 42.6 Å². The van der Waals surface area contributed by atoms with E-state index in [0.29, 0.717) is 17.7 Å². The molecular weight excluding hydrogens is 288 g/mol. The second kappa shape index (κ2) is 7.22. The highest BCUT2D eigenvalue weighted by atomic mass is 16.1. The van der Waals surface area contributed by atoms with Crippen molar-refractivity contribution in [3.63, 3.8) is 0 Å². The number of para-hydroxylation sites is 1. The number of nitrogens with zero attached hydrogens (tertiary/aromatic N) is 3. The van der Waals surface area contributed by atoms with E-state index in [1.165, 1.54) is 12.8 Å². The smallest absolute Gasteiger partial charge is 0.274 e. The Hall–Kier alpha value is -2.43. The summed E-state index contributed by atoms with van der Waals surface area (Å²) in [6, 6.07) is 11.5. The van der Waals surface area contributed by atoms with Gasteiger partial charge in [-0.25, -0.2) is 9.97 Å². The monoisotopic (exact) mass is 310 g/mol. The number of aromatic nitrogens is 2. The zero-order chi connectivity index (χ0) is 16.1. The fourth-order valence-corrected chi connectivity index (χ4v) is 3.02. The quantitative estimate of drug-likeness (QED) is 0.939. The summed E-state index contributed by atoms with van der Waals surface area (Å²) in [5, 5.41) is 2.87. The Balaban J connectivity index is 1.78. The normalized spacial score (nSPS) is 17.8. The van der Waals surface area contributed by atoms with Crippen LogP contribution in [0.5, 0.6) is 0 Å². The van der Waals surface area contributed by atoms with Gasteiger partial charge in [0.25, 0.3) is 5.91 Å². The van der Waals surface area contributed by atoms with E-state index >= 15 is 0 Å². The molecule has 0 saturated carbocycles. The van der Waals surface area contributed by atoms with Crippen molar-refractivity contribution in [3.05, 3.63) is 48.3 Å². The summed E-state index contributed by atoms with van der Waals surface area (Å²) in [5.41, 5.74) is 1.17. The standard InChI is InChI=1S/C18H22N4O/c1-2-15-10-6-7-13-22(15)18-19-12-11-16(21-18)17(23)20-14-8-4-3-5-9-14/h3-5,8-9,11-12,15H,2,6-7,10,13H2,1H3,(H,20,23). The molecule has 0 radical (unpaired) electrons. The van der Waals surface area contributed by atoms with Gasteiger partial charge in [-0.3, -0.25) is 4.79 Å². The molecule has 1 atom stereocenters. The molecule has 1 aliphatic rings. The van der Waals surface area contributed by atoms with Gasteiger partial charge in [-0.2, -0.15) is 0 Å². The summed E-state index contributed by atoms with van der Waals surface area (Å²) in [5.74, 6) is 0.460. The lowest BCUT2D eigenvalue weighted by Crippen LogP contribution is -2.40. The van der Waals surface area contributed by atoms with Crippen LogP contribution >= 0.6 is 0 Å². The molecule has 1 N–H and O–H groups in total. The second-order valence-corrected chi connectivity index (χ2v) is 5.81. The van der Waals surface area contributed by atoms with Crippen molar-refractivity contribution in [2.45, 2.75) is 38.6 Å². The molecule has 3 rings (SSSR count). The maximum absolute atomic E-state index is 12.4. The van der Waals surface area contributed by atoms with Crippen molar-refractivity contribution in [3.8, 4) is 0 Å². The van der Waals surface area contributed by atoms with Gasteiger partial charge in [0.2, 0.25) is 5.95 Å². The Morgan fingerprint density at radius 3 is 2.87 bits per heavy atom. The first-order chi connectivity index (χ1) is 11.3. The summed E-state index contributed by atoms with van der Waals surface area (Å²) in [6.07, 6.45) is 6.32. The zero-order valence-corrected chi connectivity index (χ0v) is 13.4. The lowest BCUT2D eigenvalue weighted by Gasteiger charge is -2.35. The maximum Gasteiger partial charge on any atom is 0.274 e. The first-order valence-electron chi connectivity index (χ1n) is 8.24. The largest absolute Gasteiger partial charge is 0.338 e. The molecule has 5 heteroatoms. The molecule has 2 heterocycles. The van der Waals surface area contributed by atoms with E-state index in [1.807, 2.05) is 30.3 Å². The average molecular weight is 310 g/mol. The Morgan fingerprint density at radius 2 is 2.09 bits per heavy atom. The van der Waals surface area contributed by atoms with Crippen molar-refractivity contribution in [1.82, 2.24) is 9.97 Å². The number of benzene rings is 1. The number of hydrogen-bond acceptors (Lipinski definition) is 4. The van der Waals surface area contributed by atoms with Crippen molar-refractivity contribution < 1.29 is 4.79 Å². The number of piperidine rings is 1. The van der Waals surface area contributed by atoms with E-state index in [1.54, 1.807) is 12.3 Å². The van der Waals surface area contributed by atoms with Crippen molar-refractivity contribution >= 4 is 17.5 Å². The second-order valence-electron chi connectivity index (χ2n) is 5.81. The third-order valence-corrected chi connectivity index (χ3v) is 4.26. The molecule has 1 aromatic carbocycles. The zero-order valence-electron chi connectivity index (χ0n) is 13.4. The van der Waals surface area contributed by atoms with Crippen LogP contribution in [-0.4, -0.2) is 28.5 Å². The number of carbonyl (C=O) groups excluding carboxylic acids is 1. The Kier molecular flexibility index (Phi) is 4.86. The molecule has 1 fully saturated rings. The van der Waals surface area contributed by atoms with E-state index in [-0.39, 0.29) is 5.91 Å². The van der Waals surface area contributed by atoms with Gasteiger partial charge >= 0.3 is 0 Å². The molecule has 1 aliphatic heterocycles. The molecule has 0 spiro atoms. The minimum atomic E-state index is -0.204. The van der Waals surface area contributed by atoms with Crippen molar-refractivity contribution in [1.29, 1.82) is 0 Å². The van der Waals surface area contributed by atoms with E-state index in [2.05, 4.69) is 27.1 Å². The number of carbonyl (C=O) groups is 1. The topological polar surface area (TPSA) is 58.1 Å². The summed E-state index contributed by atoms with van der Waals surface area (Å²) in [7, 11) is 0. The van der Waals surface area contributed by atoms with Crippen molar-refractivity contribution in [2.24, 2.45) is 0 Å². The molecule has 1 saturated heterocycles. The molecule has 0 bridgehead atoms. The molecule has 1 aromatic heterocycles. The molecule has 120 valence electrons. The highest BCUT2D eigenvalue weighted by Crippen LogP contribution is 2.23. The number of amides is 1. The lowest BCUT2D eigenvalue weighted by atomic mass is 10.0. The predicted octanol–water partition coefficient (Wildman–Crippen LogP) is 3.50. The van der Waals surface area contributed by atoms with E-state index in [9.17, 15) is 4.79 Å². The Morgan fingerprint density at radius 1 is 1.26 bits per heavy atom. The molecule has 0 aliphatic carbocycles. The Labute approximate surface area is 136 Å². The summed E-state index contributed by atoms with van der Waals surface area (Å²) < 4.78 is 0. The maximum atomic E-state index is 12.4. The van der Waals surface area contributed by atoms with E-state index < -0.39 is 0 Å². The SMILES string of the molecule is CCC1CCCCN1c1nccc(C(=O)Nc2ccccc2)n1. The van der Waals surface area contributed by atoms with Gasteiger partial charge in [-0.1, -0.05) is 25.1 Å². The van der Waals surface area contributed by atoms with Crippen LogP contribution < -0.4 is 10.2 Å². The van der Waals surface area contributed by atoms with Crippen LogP contribution in [0, 0.1) is 0 Å². The summed E-state index contributed by atoms with van der Waals surface area (Å²) in [6.45, 7) is 3.15. The van der Waals surface area contributed by atoms with E-state index in [0.717, 1.165) is 25.1 Å². The summed E-state index contributed by atoms with van der Waals surface area (Å²) >= 11 is 0. The van der Waals surface area contributed by atoms with Crippen LogP contribution in [-0.2, 0) is 0 Å². The van der Waals surface area contributed by atoms with Gasteiger partial charge in [0.1, 0.15) is 5.69 Å². The number of anilines is 2. The van der Waals surface area contributed by atoms with Gasteiger partial charge in [-0.15, -0.1) is 0 Å². The molecule has 2 aromatic rings.